The topological polar surface area (TPSA) is 75.4 Å². The molecule has 152 valence electrons. The third kappa shape index (κ3) is 3.84. The predicted octanol–water partition coefficient (Wildman–Crippen LogP) is 3.39. The highest BCUT2D eigenvalue weighted by Crippen LogP contribution is 2.36. The van der Waals surface area contributed by atoms with E-state index in [-0.39, 0.29) is 11.1 Å². The largest absolute Gasteiger partial charge is 0.478 e. The molecular formula is C22H25N3O3S. The minimum absolute atomic E-state index is 0.0150. The van der Waals surface area contributed by atoms with Crippen LogP contribution in [0.1, 0.15) is 45.5 Å². The van der Waals surface area contributed by atoms with Gasteiger partial charge in [-0.1, -0.05) is 19.1 Å². The van der Waals surface area contributed by atoms with Gasteiger partial charge in [0.1, 0.15) is 10.7 Å². The molecule has 2 aromatic heterocycles. The van der Waals surface area contributed by atoms with Crippen molar-refractivity contribution in [3.8, 4) is 0 Å². The van der Waals surface area contributed by atoms with Crippen LogP contribution < -0.4 is 5.56 Å². The normalized spacial score (nSPS) is 16.3. The van der Waals surface area contributed by atoms with Crippen molar-refractivity contribution in [3.05, 3.63) is 62.0 Å². The van der Waals surface area contributed by atoms with E-state index in [2.05, 4.69) is 6.92 Å². The van der Waals surface area contributed by atoms with Crippen molar-refractivity contribution in [2.75, 3.05) is 14.1 Å². The van der Waals surface area contributed by atoms with Crippen molar-refractivity contribution in [1.82, 2.24) is 14.5 Å². The Morgan fingerprint density at radius 2 is 2.03 bits per heavy atom. The minimum Gasteiger partial charge on any atom is -0.478 e. The van der Waals surface area contributed by atoms with Crippen molar-refractivity contribution in [3.63, 3.8) is 0 Å². The van der Waals surface area contributed by atoms with Crippen LogP contribution in [0.15, 0.2) is 29.1 Å². The lowest BCUT2D eigenvalue weighted by atomic mass is 9.89. The molecule has 7 heteroatoms. The number of thiophene rings is 1. The number of benzene rings is 1. The second-order valence-corrected chi connectivity index (χ2v) is 9.27. The van der Waals surface area contributed by atoms with Crippen LogP contribution in [0.2, 0.25) is 0 Å². The lowest BCUT2D eigenvalue weighted by Gasteiger charge is -2.18. The molecule has 1 N–H and O–H groups in total. The first-order valence-electron chi connectivity index (χ1n) is 9.84. The quantitative estimate of drug-likeness (QED) is 0.697. The second-order valence-electron chi connectivity index (χ2n) is 8.19. The predicted molar refractivity (Wildman–Crippen MR) is 115 cm³/mol. The number of fused-ring (bicyclic) bond motifs is 3. The molecule has 29 heavy (non-hydrogen) atoms. The van der Waals surface area contributed by atoms with Crippen LogP contribution in [0.4, 0.5) is 0 Å². The second kappa shape index (κ2) is 7.72. The van der Waals surface area contributed by atoms with Gasteiger partial charge < -0.3 is 10.0 Å². The summed E-state index contributed by atoms with van der Waals surface area (Å²) in [4.78, 5) is 33.7. The third-order valence-electron chi connectivity index (χ3n) is 5.49. The van der Waals surface area contributed by atoms with Gasteiger partial charge in [-0.2, -0.15) is 0 Å². The Bertz CT molecular complexity index is 1130. The monoisotopic (exact) mass is 411 g/mol. The van der Waals surface area contributed by atoms with Gasteiger partial charge in [0.05, 0.1) is 24.0 Å². The first-order chi connectivity index (χ1) is 13.8. The van der Waals surface area contributed by atoms with Crippen LogP contribution in [0, 0.1) is 5.92 Å². The molecule has 1 aromatic carbocycles. The SMILES string of the molecule is CC1CCc2c(sc3nc(CN(C)C)n(Cc4ccc(C(=O)O)cc4)c(=O)c23)C1. The van der Waals surface area contributed by atoms with E-state index >= 15 is 0 Å². The number of hydrogen-bond donors (Lipinski definition) is 1. The molecular weight excluding hydrogens is 386 g/mol. The van der Waals surface area contributed by atoms with E-state index < -0.39 is 5.97 Å². The highest BCUT2D eigenvalue weighted by molar-refractivity contribution is 7.18. The zero-order valence-electron chi connectivity index (χ0n) is 16.9. The van der Waals surface area contributed by atoms with Crippen LogP contribution >= 0.6 is 11.3 Å². The number of carboxylic acid groups (broad SMARTS) is 1. The van der Waals surface area contributed by atoms with Gasteiger partial charge in [-0.05, 0) is 62.5 Å². The standard InChI is InChI=1S/C22H25N3O3S/c1-13-4-9-16-17(10-13)29-20-19(16)21(26)25(18(23-20)12-24(2)3)11-14-5-7-15(8-6-14)22(27)28/h5-8,13H,4,9-12H2,1-3H3,(H,27,28). The van der Waals surface area contributed by atoms with E-state index in [0.29, 0.717) is 19.0 Å². The molecule has 2 heterocycles. The van der Waals surface area contributed by atoms with Crippen molar-refractivity contribution in [1.29, 1.82) is 0 Å². The summed E-state index contributed by atoms with van der Waals surface area (Å²) in [5.74, 6) is 0.428. The Morgan fingerprint density at radius 1 is 1.31 bits per heavy atom. The van der Waals surface area contributed by atoms with Crippen LogP contribution in [0.5, 0.6) is 0 Å². The van der Waals surface area contributed by atoms with Crippen LogP contribution in [0.3, 0.4) is 0 Å². The average Bonchev–Trinajstić information content (AvgIpc) is 3.02. The number of nitrogens with zero attached hydrogens (tertiary/aromatic N) is 3. The molecule has 0 amide bonds. The van der Waals surface area contributed by atoms with Crippen molar-refractivity contribution in [2.45, 2.75) is 39.3 Å². The molecule has 1 aliphatic carbocycles. The van der Waals surface area contributed by atoms with Crippen LogP contribution in [-0.2, 0) is 25.9 Å². The number of carbonyl (C=O) groups is 1. The van der Waals surface area contributed by atoms with Crippen molar-refractivity contribution in [2.24, 2.45) is 5.92 Å². The summed E-state index contributed by atoms with van der Waals surface area (Å²) in [6, 6.07) is 6.69. The number of aromatic carboxylic acids is 1. The number of rotatable bonds is 5. The van der Waals surface area contributed by atoms with Crippen LogP contribution in [-0.4, -0.2) is 39.6 Å². The van der Waals surface area contributed by atoms with E-state index in [9.17, 15) is 9.59 Å². The first-order valence-corrected chi connectivity index (χ1v) is 10.7. The zero-order valence-corrected chi connectivity index (χ0v) is 17.8. The summed E-state index contributed by atoms with van der Waals surface area (Å²) in [6.07, 6.45) is 3.07. The molecule has 1 atom stereocenters. The molecule has 0 saturated heterocycles. The van der Waals surface area contributed by atoms with E-state index in [1.165, 1.54) is 10.4 Å². The van der Waals surface area contributed by atoms with Gasteiger partial charge >= 0.3 is 5.97 Å². The molecule has 1 aliphatic rings. The van der Waals surface area contributed by atoms with Crippen molar-refractivity contribution < 1.29 is 9.90 Å². The first kappa shape index (κ1) is 19.8. The fraction of sp³-hybridized carbons (Fsp3) is 0.409. The zero-order chi connectivity index (χ0) is 20.7. The van der Waals surface area contributed by atoms with Crippen molar-refractivity contribution >= 4 is 27.5 Å². The maximum Gasteiger partial charge on any atom is 0.335 e. The summed E-state index contributed by atoms with van der Waals surface area (Å²) in [6.45, 7) is 3.21. The summed E-state index contributed by atoms with van der Waals surface area (Å²) >= 11 is 1.67. The Labute approximate surface area is 173 Å². The molecule has 0 aliphatic heterocycles. The maximum absolute atomic E-state index is 13.5. The molecule has 1 unspecified atom stereocenters. The number of carboxylic acids is 1. The summed E-state index contributed by atoms with van der Waals surface area (Å²) < 4.78 is 1.75. The maximum atomic E-state index is 13.5. The Hall–Kier alpha value is -2.51. The van der Waals surface area contributed by atoms with E-state index in [4.69, 9.17) is 10.1 Å². The molecule has 0 bridgehead atoms. The minimum atomic E-state index is -0.954. The molecule has 0 saturated carbocycles. The van der Waals surface area contributed by atoms with Gasteiger partial charge in [0.15, 0.2) is 0 Å². The molecule has 6 nitrogen and oxygen atoms in total. The molecule has 0 spiro atoms. The lowest BCUT2D eigenvalue weighted by molar-refractivity contribution is 0.0697. The highest BCUT2D eigenvalue weighted by atomic mass is 32.1. The van der Waals surface area contributed by atoms with E-state index in [1.807, 2.05) is 19.0 Å². The summed E-state index contributed by atoms with van der Waals surface area (Å²) in [5, 5.41) is 9.89. The van der Waals surface area contributed by atoms with Gasteiger partial charge in [-0.15, -0.1) is 11.3 Å². The summed E-state index contributed by atoms with van der Waals surface area (Å²) in [7, 11) is 3.92. The summed E-state index contributed by atoms with van der Waals surface area (Å²) in [5.41, 5.74) is 2.33. The van der Waals surface area contributed by atoms with E-state index in [1.54, 1.807) is 40.2 Å². The molecule has 0 fully saturated rings. The third-order valence-corrected chi connectivity index (χ3v) is 6.64. The van der Waals surface area contributed by atoms with Gasteiger partial charge in [0.2, 0.25) is 0 Å². The number of hydrogen-bond acceptors (Lipinski definition) is 5. The van der Waals surface area contributed by atoms with Gasteiger partial charge in [-0.3, -0.25) is 9.36 Å². The number of aryl methyl sites for hydroxylation is 1. The van der Waals surface area contributed by atoms with E-state index in [0.717, 1.165) is 40.9 Å². The highest BCUT2D eigenvalue weighted by Gasteiger charge is 2.24. The van der Waals surface area contributed by atoms with Gasteiger partial charge in [0.25, 0.3) is 5.56 Å². The fourth-order valence-electron chi connectivity index (χ4n) is 3.97. The Kier molecular flexibility index (Phi) is 5.27. The Balaban J connectivity index is 1.83. The fourth-order valence-corrected chi connectivity index (χ4v) is 5.36. The van der Waals surface area contributed by atoms with Gasteiger partial charge in [0, 0.05) is 4.88 Å². The van der Waals surface area contributed by atoms with Gasteiger partial charge in [-0.25, -0.2) is 9.78 Å². The molecule has 4 rings (SSSR count). The number of aromatic nitrogens is 2. The lowest BCUT2D eigenvalue weighted by Crippen LogP contribution is -2.29. The Morgan fingerprint density at radius 3 is 2.69 bits per heavy atom. The van der Waals surface area contributed by atoms with Crippen LogP contribution in [0.25, 0.3) is 10.2 Å². The smallest absolute Gasteiger partial charge is 0.335 e. The molecule has 0 radical (unpaired) electrons. The molecule has 3 aromatic rings. The average molecular weight is 412 g/mol.